The second-order valence-corrected chi connectivity index (χ2v) is 3.95. The molecule has 0 bridgehead atoms. The van der Waals surface area contributed by atoms with Crippen LogP contribution in [0, 0.1) is 0 Å². The Hall–Kier alpha value is -1.52. The lowest BCUT2D eigenvalue weighted by Gasteiger charge is -2.20. The van der Waals surface area contributed by atoms with Crippen LogP contribution in [0.25, 0.3) is 0 Å². The van der Waals surface area contributed by atoms with E-state index in [0.717, 1.165) is 0 Å². The largest absolute Gasteiger partial charge is 0.503 e. The summed E-state index contributed by atoms with van der Waals surface area (Å²) in [5.74, 6) is -0.312. The van der Waals surface area contributed by atoms with Crippen molar-refractivity contribution in [2.75, 3.05) is 7.11 Å². The molecule has 0 atom stereocenters. The number of ether oxygens (including phenoxy) is 1. The van der Waals surface area contributed by atoms with Crippen LogP contribution in [0.1, 0.15) is 20.8 Å². The molecular formula is C9H14N2O3. The fourth-order valence-corrected chi connectivity index (χ4v) is 1.10. The van der Waals surface area contributed by atoms with Crippen LogP contribution in [-0.4, -0.2) is 22.0 Å². The lowest BCUT2D eigenvalue weighted by Crippen LogP contribution is -2.36. The third-order valence-electron chi connectivity index (χ3n) is 1.75. The van der Waals surface area contributed by atoms with Crippen molar-refractivity contribution >= 4 is 0 Å². The maximum atomic E-state index is 11.7. The van der Waals surface area contributed by atoms with Crippen LogP contribution in [-0.2, 0) is 5.54 Å². The molecule has 5 heteroatoms. The van der Waals surface area contributed by atoms with Crippen LogP contribution in [0.2, 0.25) is 0 Å². The number of aromatic nitrogens is 2. The fraction of sp³-hybridized carbons (Fsp3) is 0.556. The molecule has 5 nitrogen and oxygen atoms in total. The van der Waals surface area contributed by atoms with E-state index in [0.29, 0.717) is 0 Å². The average Bonchev–Trinajstić information content (AvgIpc) is 2.02. The smallest absolute Gasteiger partial charge is 0.313 e. The van der Waals surface area contributed by atoms with Gasteiger partial charge in [-0.3, -0.25) is 4.79 Å². The van der Waals surface area contributed by atoms with Gasteiger partial charge in [-0.15, -0.1) is 0 Å². The van der Waals surface area contributed by atoms with Crippen LogP contribution in [0.4, 0.5) is 0 Å². The summed E-state index contributed by atoms with van der Waals surface area (Å²) in [6, 6.07) is 0. The number of hydrogen-bond acceptors (Lipinski definition) is 4. The Balaban J connectivity index is 3.44. The molecule has 1 aromatic rings. The highest BCUT2D eigenvalue weighted by molar-refractivity contribution is 5.33. The van der Waals surface area contributed by atoms with Gasteiger partial charge in [0.1, 0.15) is 0 Å². The summed E-state index contributed by atoms with van der Waals surface area (Å²) in [5.41, 5.74) is -0.863. The maximum Gasteiger partial charge on any atom is 0.313 e. The van der Waals surface area contributed by atoms with Gasteiger partial charge in [-0.05, 0) is 20.8 Å². The van der Waals surface area contributed by atoms with Crippen molar-refractivity contribution < 1.29 is 9.84 Å². The number of methoxy groups -OCH3 is 1. The average molecular weight is 198 g/mol. The first-order chi connectivity index (χ1) is 6.38. The molecule has 0 fully saturated rings. The summed E-state index contributed by atoms with van der Waals surface area (Å²) in [6.07, 6.45) is 1.20. The maximum absolute atomic E-state index is 11.7. The molecule has 0 radical (unpaired) electrons. The van der Waals surface area contributed by atoms with Gasteiger partial charge in [0.25, 0.3) is 0 Å². The van der Waals surface area contributed by atoms with Crippen LogP contribution in [0.5, 0.6) is 11.5 Å². The van der Waals surface area contributed by atoms with E-state index in [2.05, 4.69) is 5.10 Å². The van der Waals surface area contributed by atoms with Gasteiger partial charge in [-0.1, -0.05) is 0 Å². The molecule has 1 aromatic heterocycles. The Morgan fingerprint density at radius 1 is 1.50 bits per heavy atom. The van der Waals surface area contributed by atoms with Crippen LogP contribution in [0.15, 0.2) is 11.0 Å². The van der Waals surface area contributed by atoms with E-state index in [1.165, 1.54) is 18.0 Å². The minimum absolute atomic E-state index is 0.0741. The second kappa shape index (κ2) is 3.32. The van der Waals surface area contributed by atoms with Crippen molar-refractivity contribution in [3.63, 3.8) is 0 Å². The molecule has 14 heavy (non-hydrogen) atoms. The van der Waals surface area contributed by atoms with Gasteiger partial charge in [0, 0.05) is 0 Å². The predicted octanol–water partition coefficient (Wildman–Crippen LogP) is 0.712. The molecule has 78 valence electrons. The van der Waals surface area contributed by atoms with Crippen LogP contribution < -0.4 is 10.3 Å². The van der Waals surface area contributed by atoms with Crippen molar-refractivity contribution in [1.82, 2.24) is 9.78 Å². The minimum atomic E-state index is -0.432. The molecule has 0 saturated heterocycles. The molecule has 0 unspecified atom stereocenters. The topological polar surface area (TPSA) is 64.3 Å². The van der Waals surface area contributed by atoms with Crippen LogP contribution >= 0.6 is 0 Å². The zero-order chi connectivity index (χ0) is 10.9. The molecule has 1 rings (SSSR count). The van der Waals surface area contributed by atoms with E-state index in [1.54, 1.807) is 0 Å². The standard InChI is InChI=1S/C9H14N2O3/c1-9(2,3)11-8(13)7(14-4)6(12)5-10-11/h5,12H,1-4H3. The van der Waals surface area contributed by atoms with E-state index in [9.17, 15) is 9.90 Å². The molecule has 0 aliphatic rings. The Bertz CT molecular complexity index is 390. The number of nitrogens with zero attached hydrogens (tertiary/aromatic N) is 2. The highest BCUT2D eigenvalue weighted by atomic mass is 16.5. The zero-order valence-electron chi connectivity index (χ0n) is 8.74. The molecule has 0 aliphatic carbocycles. The molecule has 1 heterocycles. The van der Waals surface area contributed by atoms with Gasteiger partial charge in [0.2, 0.25) is 5.75 Å². The zero-order valence-corrected chi connectivity index (χ0v) is 8.74. The molecule has 0 aliphatic heterocycles. The van der Waals surface area contributed by atoms with E-state index < -0.39 is 11.1 Å². The molecule has 0 aromatic carbocycles. The molecular weight excluding hydrogens is 184 g/mol. The minimum Gasteiger partial charge on any atom is -0.503 e. The summed E-state index contributed by atoms with van der Waals surface area (Å²) in [6.45, 7) is 5.54. The van der Waals surface area contributed by atoms with Crippen molar-refractivity contribution in [3.8, 4) is 11.5 Å². The van der Waals surface area contributed by atoms with E-state index in [4.69, 9.17) is 4.74 Å². The molecule has 0 spiro atoms. The highest BCUT2D eigenvalue weighted by Crippen LogP contribution is 2.20. The summed E-state index contributed by atoms with van der Waals surface area (Å²) < 4.78 is 6.06. The Labute approximate surface area is 81.9 Å². The third-order valence-corrected chi connectivity index (χ3v) is 1.75. The van der Waals surface area contributed by atoms with Crippen LogP contribution in [0.3, 0.4) is 0 Å². The second-order valence-electron chi connectivity index (χ2n) is 3.95. The van der Waals surface area contributed by atoms with Gasteiger partial charge in [-0.2, -0.15) is 5.10 Å². The Morgan fingerprint density at radius 3 is 2.50 bits per heavy atom. The van der Waals surface area contributed by atoms with Gasteiger partial charge in [0.15, 0.2) is 5.75 Å². The van der Waals surface area contributed by atoms with Gasteiger partial charge < -0.3 is 9.84 Å². The van der Waals surface area contributed by atoms with E-state index >= 15 is 0 Å². The van der Waals surface area contributed by atoms with Crippen molar-refractivity contribution in [2.45, 2.75) is 26.3 Å². The van der Waals surface area contributed by atoms with E-state index in [1.807, 2.05) is 20.8 Å². The van der Waals surface area contributed by atoms with Crippen molar-refractivity contribution in [2.24, 2.45) is 0 Å². The normalized spacial score (nSPS) is 11.4. The van der Waals surface area contributed by atoms with Gasteiger partial charge >= 0.3 is 5.56 Å². The SMILES string of the molecule is COc1c(O)cnn(C(C)(C)C)c1=O. The summed E-state index contributed by atoms with van der Waals surface area (Å²) >= 11 is 0. The quantitative estimate of drug-likeness (QED) is 0.721. The molecule has 0 saturated carbocycles. The number of rotatable bonds is 1. The van der Waals surface area contributed by atoms with Crippen molar-refractivity contribution in [3.05, 3.63) is 16.6 Å². The lowest BCUT2D eigenvalue weighted by molar-refractivity contribution is 0.304. The summed E-state index contributed by atoms with van der Waals surface area (Å²) in [4.78, 5) is 11.7. The predicted molar refractivity (Wildman–Crippen MR) is 51.7 cm³/mol. The summed E-state index contributed by atoms with van der Waals surface area (Å²) in [7, 11) is 1.34. The fourth-order valence-electron chi connectivity index (χ4n) is 1.10. The summed E-state index contributed by atoms with van der Waals surface area (Å²) in [5, 5.41) is 13.1. The first kappa shape index (κ1) is 10.6. The van der Waals surface area contributed by atoms with Gasteiger partial charge in [0.05, 0.1) is 18.8 Å². The van der Waals surface area contributed by atoms with Crippen molar-refractivity contribution in [1.29, 1.82) is 0 Å². The first-order valence-electron chi connectivity index (χ1n) is 4.23. The third kappa shape index (κ3) is 1.71. The first-order valence-corrected chi connectivity index (χ1v) is 4.23. The molecule has 0 amide bonds. The number of aromatic hydroxyl groups is 1. The number of hydrogen-bond donors (Lipinski definition) is 1. The monoisotopic (exact) mass is 198 g/mol. The highest BCUT2D eigenvalue weighted by Gasteiger charge is 2.20. The lowest BCUT2D eigenvalue weighted by atomic mass is 10.1. The van der Waals surface area contributed by atoms with Gasteiger partial charge in [-0.25, -0.2) is 4.68 Å². The molecule has 1 N–H and O–H groups in total. The van der Waals surface area contributed by atoms with E-state index in [-0.39, 0.29) is 11.5 Å². The Kier molecular flexibility index (Phi) is 2.51. The Morgan fingerprint density at radius 2 is 2.07 bits per heavy atom.